The van der Waals surface area contributed by atoms with E-state index >= 15 is 0 Å². The fraction of sp³-hybridized carbons (Fsp3) is 0. The first-order valence-corrected chi connectivity index (χ1v) is 11.0. The Morgan fingerprint density at radius 3 is 1.62 bits per heavy atom. The van der Waals surface area contributed by atoms with Crippen LogP contribution in [0.3, 0.4) is 0 Å². The fourth-order valence-electron chi connectivity index (χ4n) is 4.53. The summed E-state index contributed by atoms with van der Waals surface area (Å²) in [5, 5.41) is -3.50. The Hall–Kier alpha value is -4.88. The summed E-state index contributed by atoms with van der Waals surface area (Å²) in [6, 6.07) is -14.9. The van der Waals surface area contributed by atoms with Crippen molar-refractivity contribution in [3.05, 3.63) is 133 Å². The highest BCUT2D eigenvalue weighted by atomic mass is 16.3. The molecule has 7 aromatic carbocycles. The molecule has 1 heteroatoms. The minimum Gasteiger partial charge on any atom is -0.456 e. The first-order valence-electron chi connectivity index (χ1n) is 21.5. The number of furan rings is 1. The summed E-state index contributed by atoms with van der Waals surface area (Å²) in [5.74, 6) is 0. The molecule has 0 bridgehead atoms. The molecule has 0 amide bonds. The normalized spacial score (nSPS) is 19.7. The molecule has 0 spiro atoms. The van der Waals surface area contributed by atoms with E-state index < -0.39 is 181 Å². The van der Waals surface area contributed by atoms with Gasteiger partial charge in [0.05, 0.1) is 28.8 Å². The predicted molar refractivity (Wildman–Crippen MR) is 157 cm³/mol. The van der Waals surface area contributed by atoms with E-state index in [2.05, 4.69) is 0 Å². The van der Waals surface area contributed by atoms with Gasteiger partial charge in [-0.1, -0.05) is 109 Å². The smallest absolute Gasteiger partial charge is 0.136 e. The SMILES string of the molecule is [2H]c1cc2c(oc3c([2H])c([2H])c([2H])c([2H])c32)c([2H])c1-c1c2c([2H])c([2H])c([2H])c([2H])c2c(-c2c([2H])c([2H])c3c([2H])c([2H])c([2H])c([2H])c3c2[2H])c2c([2H])c([2H])c([2H])c([2H])c12. The van der Waals surface area contributed by atoms with Gasteiger partial charge in [0.15, 0.2) is 0 Å². The molecule has 0 aliphatic carbocycles. The van der Waals surface area contributed by atoms with Crippen LogP contribution in [0.5, 0.6) is 0 Å². The van der Waals surface area contributed by atoms with E-state index in [9.17, 15) is 9.60 Å². The third-order valence-corrected chi connectivity index (χ3v) is 6.10. The van der Waals surface area contributed by atoms with Crippen molar-refractivity contribution in [1.29, 1.82) is 0 Å². The van der Waals surface area contributed by atoms with E-state index in [4.69, 9.17) is 23.6 Å². The number of rotatable bonds is 2. The van der Waals surface area contributed by atoms with Crippen molar-refractivity contribution in [1.82, 2.24) is 0 Å². The van der Waals surface area contributed by atoms with Gasteiger partial charge in [-0.2, -0.15) is 0 Å². The fourth-order valence-corrected chi connectivity index (χ4v) is 4.53. The molecule has 0 radical (unpaired) electrons. The van der Waals surface area contributed by atoms with Crippen LogP contribution in [0.15, 0.2) is 137 Å². The molecular formula is C36H22O. The molecule has 8 rings (SSSR count). The van der Waals surface area contributed by atoms with E-state index in [-0.39, 0.29) is 21.9 Å². The lowest BCUT2D eigenvalue weighted by Crippen LogP contribution is -1.90. The highest BCUT2D eigenvalue weighted by molar-refractivity contribution is 6.22. The predicted octanol–water partition coefficient (Wildman–Crippen LogP) is 10.4. The second kappa shape index (κ2) is 7.81. The topological polar surface area (TPSA) is 13.1 Å². The third kappa shape index (κ3) is 3.04. The van der Waals surface area contributed by atoms with Gasteiger partial charge in [-0.3, -0.25) is 0 Å². The lowest BCUT2D eigenvalue weighted by molar-refractivity contribution is 0.669. The minimum atomic E-state index is -0.872. The molecule has 0 aliphatic rings. The highest BCUT2D eigenvalue weighted by Gasteiger charge is 2.17. The Morgan fingerprint density at radius 1 is 0.405 bits per heavy atom. The number of hydrogen-bond acceptors (Lipinski definition) is 1. The Morgan fingerprint density at radius 2 is 0.946 bits per heavy atom. The molecule has 0 atom stereocenters. The zero-order chi connectivity index (χ0) is 42.6. The third-order valence-electron chi connectivity index (χ3n) is 6.10. The van der Waals surface area contributed by atoms with Gasteiger partial charge in [0.25, 0.3) is 0 Å². The average molecular weight is 492 g/mol. The maximum absolute atomic E-state index is 9.40. The Bertz CT molecular complexity index is 3210. The van der Waals surface area contributed by atoms with Gasteiger partial charge in [-0.25, -0.2) is 0 Å². The van der Waals surface area contributed by atoms with Crippen LogP contribution in [0, 0.1) is 0 Å². The van der Waals surface area contributed by atoms with Gasteiger partial charge >= 0.3 is 0 Å². The summed E-state index contributed by atoms with van der Waals surface area (Å²) in [4.78, 5) is 0. The zero-order valence-electron chi connectivity index (χ0n) is 39.5. The zero-order valence-corrected chi connectivity index (χ0v) is 18.5. The largest absolute Gasteiger partial charge is 0.456 e. The van der Waals surface area contributed by atoms with Gasteiger partial charge < -0.3 is 4.42 Å². The number of hydrogen-bond donors (Lipinski definition) is 0. The lowest BCUT2D eigenvalue weighted by atomic mass is 9.85. The van der Waals surface area contributed by atoms with Crippen LogP contribution in [-0.4, -0.2) is 0 Å². The monoisotopic (exact) mass is 491 g/mol. The van der Waals surface area contributed by atoms with E-state index in [1.54, 1.807) is 0 Å². The molecule has 0 saturated heterocycles. The molecule has 1 aromatic heterocycles. The van der Waals surface area contributed by atoms with Crippen molar-refractivity contribution < 1.29 is 33.2 Å². The maximum Gasteiger partial charge on any atom is 0.136 e. The summed E-state index contributed by atoms with van der Waals surface area (Å²) < 4.78 is 190. The first kappa shape index (κ1) is 8.61. The number of benzene rings is 7. The highest BCUT2D eigenvalue weighted by Crippen LogP contribution is 2.45. The van der Waals surface area contributed by atoms with Gasteiger partial charge in [0.1, 0.15) is 11.2 Å². The van der Waals surface area contributed by atoms with Gasteiger partial charge in [0.2, 0.25) is 0 Å². The molecule has 0 aliphatic heterocycles. The molecule has 0 saturated carbocycles. The van der Waals surface area contributed by atoms with Crippen molar-refractivity contribution in [2.45, 2.75) is 0 Å². The van der Waals surface area contributed by atoms with E-state index in [1.807, 2.05) is 0 Å². The average Bonchev–Trinajstić information content (AvgIpc) is 3.58. The van der Waals surface area contributed by atoms with Crippen molar-refractivity contribution in [2.24, 2.45) is 0 Å². The van der Waals surface area contributed by atoms with Crippen LogP contribution in [-0.2, 0) is 0 Å². The first-order chi connectivity index (χ1) is 27.1. The molecule has 0 N–H and O–H groups in total. The maximum atomic E-state index is 9.40. The van der Waals surface area contributed by atoms with Gasteiger partial charge in [0, 0.05) is 10.8 Å². The number of fused-ring (bicyclic) bond motifs is 6. The van der Waals surface area contributed by atoms with E-state index in [0.29, 0.717) is 0 Å². The summed E-state index contributed by atoms with van der Waals surface area (Å²) >= 11 is 0. The Kier molecular flexibility index (Phi) is 1.82. The molecule has 1 nitrogen and oxygen atoms in total. The van der Waals surface area contributed by atoms with Gasteiger partial charge in [-0.05, 0) is 78.8 Å². The Balaban J connectivity index is 1.72. The molecular weight excluding hydrogens is 448 g/mol. The van der Waals surface area contributed by atoms with Gasteiger partial charge in [-0.15, -0.1) is 0 Å². The molecule has 0 fully saturated rings. The van der Waals surface area contributed by atoms with Crippen LogP contribution < -0.4 is 0 Å². The molecule has 0 unspecified atom stereocenters. The van der Waals surface area contributed by atoms with Crippen LogP contribution in [0.4, 0.5) is 0 Å². The van der Waals surface area contributed by atoms with Crippen molar-refractivity contribution in [3.8, 4) is 22.3 Å². The second-order valence-corrected chi connectivity index (χ2v) is 8.09. The van der Waals surface area contributed by atoms with Crippen molar-refractivity contribution >= 4 is 54.3 Å². The standard InChI is InChI=1S/C36H22O/c1-2-10-24-21-25(18-17-23(24)9-1)35-29-12-3-5-14-31(29)36(32-15-6-4-13-30(32)35)26-19-20-28-27-11-7-8-16-33(27)37-34(28)22-26/h1-22H/i1D,2D,3D,4D,5D,6D,7D,8D,9D,10D,11D,12D,13D,14D,15D,16D,17D,18D,19D,21D,22D. The quantitative estimate of drug-likeness (QED) is 0.219. The second-order valence-electron chi connectivity index (χ2n) is 8.09. The molecule has 1 heterocycles. The molecule has 172 valence electrons. The molecule has 8 aromatic rings. The summed E-state index contributed by atoms with van der Waals surface area (Å²) in [7, 11) is 0. The van der Waals surface area contributed by atoms with E-state index in [0.717, 1.165) is 6.07 Å². The van der Waals surface area contributed by atoms with Crippen molar-refractivity contribution in [2.75, 3.05) is 0 Å². The van der Waals surface area contributed by atoms with Crippen LogP contribution in [0.2, 0.25) is 0 Å². The van der Waals surface area contributed by atoms with Crippen LogP contribution in [0.25, 0.3) is 76.5 Å². The van der Waals surface area contributed by atoms with E-state index in [1.165, 1.54) is 0 Å². The minimum absolute atomic E-state index is 0.0869. The van der Waals surface area contributed by atoms with Crippen LogP contribution in [0.1, 0.15) is 28.8 Å². The lowest BCUT2D eigenvalue weighted by Gasteiger charge is -2.18. The van der Waals surface area contributed by atoms with Crippen LogP contribution >= 0.6 is 0 Å². The summed E-state index contributed by atoms with van der Waals surface area (Å²) in [6.45, 7) is 0. The molecule has 37 heavy (non-hydrogen) atoms. The summed E-state index contributed by atoms with van der Waals surface area (Å²) in [5.41, 5.74) is -2.96. The Labute approximate surface area is 243 Å². The van der Waals surface area contributed by atoms with Crippen molar-refractivity contribution in [3.63, 3.8) is 0 Å². The summed E-state index contributed by atoms with van der Waals surface area (Å²) in [6.07, 6.45) is 0. The number of para-hydroxylation sites is 1.